The largest absolute Gasteiger partial charge is 0.352 e. The van der Waals surface area contributed by atoms with Crippen molar-refractivity contribution in [2.24, 2.45) is 0 Å². The van der Waals surface area contributed by atoms with Crippen LogP contribution in [0.5, 0.6) is 0 Å². The molecule has 0 aliphatic rings. The number of hydrogen-bond acceptors (Lipinski definition) is 4. The molecule has 7 nitrogen and oxygen atoms in total. The van der Waals surface area contributed by atoms with Gasteiger partial charge in [0.1, 0.15) is 12.6 Å². The lowest BCUT2D eigenvalue weighted by molar-refractivity contribution is -0.140. The number of hydrogen-bond donors (Lipinski definition) is 1. The number of halogens is 3. The fourth-order valence-corrected chi connectivity index (χ4v) is 6.57. The smallest absolute Gasteiger partial charge is 0.264 e. The van der Waals surface area contributed by atoms with Crippen LogP contribution in [0.1, 0.15) is 50.3 Å². The highest BCUT2D eigenvalue weighted by Gasteiger charge is 2.35. The van der Waals surface area contributed by atoms with Crippen LogP contribution in [0.4, 0.5) is 5.69 Å². The number of anilines is 1. The van der Waals surface area contributed by atoms with Crippen molar-refractivity contribution >= 4 is 62.3 Å². The van der Waals surface area contributed by atoms with Gasteiger partial charge in [0.05, 0.1) is 10.6 Å². The fourth-order valence-electron chi connectivity index (χ4n) is 4.42. The minimum absolute atomic E-state index is 0.0162. The van der Waals surface area contributed by atoms with Gasteiger partial charge in [-0.25, -0.2) is 8.42 Å². The van der Waals surface area contributed by atoms with E-state index in [9.17, 15) is 18.0 Å². The van der Waals surface area contributed by atoms with E-state index >= 15 is 0 Å². The highest BCUT2D eigenvalue weighted by Crippen LogP contribution is 2.31. The first-order chi connectivity index (χ1) is 19.8. The van der Waals surface area contributed by atoms with Crippen molar-refractivity contribution < 1.29 is 18.0 Å². The molecule has 2 atom stereocenters. The lowest BCUT2D eigenvalue weighted by Gasteiger charge is -2.34. The lowest BCUT2D eigenvalue weighted by Crippen LogP contribution is -2.53. The van der Waals surface area contributed by atoms with Crippen molar-refractivity contribution in [2.45, 2.75) is 71.0 Å². The Morgan fingerprint density at radius 3 is 2.10 bits per heavy atom. The second kappa shape index (κ2) is 14.6. The van der Waals surface area contributed by atoms with Crippen LogP contribution >= 0.6 is 34.8 Å². The number of amides is 2. The zero-order valence-electron chi connectivity index (χ0n) is 24.3. The van der Waals surface area contributed by atoms with E-state index in [2.05, 4.69) is 5.32 Å². The molecule has 3 aromatic rings. The highest BCUT2D eigenvalue weighted by atomic mass is 35.5. The van der Waals surface area contributed by atoms with Gasteiger partial charge in [-0.3, -0.25) is 13.9 Å². The number of nitrogens with one attached hydrogen (secondary N) is 1. The van der Waals surface area contributed by atoms with Crippen LogP contribution in [0.3, 0.4) is 0 Å². The summed E-state index contributed by atoms with van der Waals surface area (Å²) in [6.45, 7) is 8.51. The summed E-state index contributed by atoms with van der Waals surface area (Å²) >= 11 is 19.2. The van der Waals surface area contributed by atoms with Gasteiger partial charge >= 0.3 is 0 Å². The molecule has 0 aromatic heterocycles. The molecule has 0 unspecified atom stereocenters. The van der Waals surface area contributed by atoms with Crippen molar-refractivity contribution in [3.05, 3.63) is 92.4 Å². The third-order valence-corrected chi connectivity index (χ3v) is 9.82. The minimum atomic E-state index is -4.23. The van der Waals surface area contributed by atoms with Crippen molar-refractivity contribution in [1.82, 2.24) is 10.2 Å². The summed E-state index contributed by atoms with van der Waals surface area (Å²) in [5.41, 5.74) is 2.20. The van der Waals surface area contributed by atoms with E-state index in [4.69, 9.17) is 34.8 Å². The quantitative estimate of drug-likeness (QED) is 0.225. The summed E-state index contributed by atoms with van der Waals surface area (Å²) in [6, 6.07) is 15.2. The first kappa shape index (κ1) is 33.7. The maximum Gasteiger partial charge on any atom is 0.264 e. The molecule has 3 rings (SSSR count). The summed E-state index contributed by atoms with van der Waals surface area (Å²) < 4.78 is 29.2. The summed E-state index contributed by atoms with van der Waals surface area (Å²) in [5, 5.41) is 3.91. The maximum absolute atomic E-state index is 14.3. The summed E-state index contributed by atoms with van der Waals surface area (Å²) in [6.07, 6.45) is 0.972. The zero-order chi connectivity index (χ0) is 31.2. The number of nitrogens with zero attached hydrogens (tertiary/aromatic N) is 2. The Kier molecular flexibility index (Phi) is 11.7. The van der Waals surface area contributed by atoms with Crippen LogP contribution in [0.25, 0.3) is 0 Å². The number of carbonyl (C=O) groups is 2. The molecule has 0 aliphatic heterocycles. The van der Waals surface area contributed by atoms with Crippen LogP contribution in [0, 0.1) is 13.8 Å². The van der Waals surface area contributed by atoms with Crippen molar-refractivity contribution in [3.63, 3.8) is 0 Å². The lowest BCUT2D eigenvalue weighted by atomic mass is 10.1. The Hall–Kier alpha value is -2.78. The predicted octanol–water partition coefficient (Wildman–Crippen LogP) is 7.18. The monoisotopic (exact) mass is 651 g/mol. The molecule has 42 heavy (non-hydrogen) atoms. The molecule has 1 N–H and O–H groups in total. The average molecular weight is 653 g/mol. The first-order valence-electron chi connectivity index (χ1n) is 13.7. The van der Waals surface area contributed by atoms with E-state index in [-0.39, 0.29) is 35.5 Å². The molecular weight excluding hydrogens is 617 g/mol. The van der Waals surface area contributed by atoms with Gasteiger partial charge in [-0.2, -0.15) is 0 Å². The average Bonchev–Trinajstić information content (AvgIpc) is 2.94. The van der Waals surface area contributed by atoms with E-state index in [0.29, 0.717) is 32.6 Å². The third kappa shape index (κ3) is 7.98. The zero-order valence-corrected chi connectivity index (χ0v) is 27.4. The van der Waals surface area contributed by atoms with E-state index in [0.717, 1.165) is 9.87 Å². The standard InChI is InChI=1S/C31H36Cl3N3O4S/c1-6-22(5)35-31(39)28(7-2)36(18-25-26(33)9-8-10-27(25)34)30(38)19-37(29-17-23(32)14-13-21(29)4)42(40,41)24-15-11-20(3)12-16-24/h8-17,22,28H,6-7,18-19H2,1-5H3,(H,35,39)/t22-,28+/m0/s1. The van der Waals surface area contributed by atoms with E-state index in [1.54, 1.807) is 56.3 Å². The summed E-state index contributed by atoms with van der Waals surface area (Å²) in [5.74, 6) is -0.956. The fraction of sp³-hybridized carbons (Fsp3) is 0.355. The Bertz CT molecular complexity index is 1510. The number of aryl methyl sites for hydroxylation is 2. The van der Waals surface area contributed by atoms with Crippen LogP contribution in [-0.2, 0) is 26.2 Å². The Morgan fingerprint density at radius 1 is 0.905 bits per heavy atom. The van der Waals surface area contributed by atoms with Gasteiger partial charge in [-0.05, 0) is 75.6 Å². The molecule has 3 aromatic carbocycles. The second-order valence-corrected chi connectivity index (χ2v) is 13.3. The van der Waals surface area contributed by atoms with Gasteiger partial charge in [0.2, 0.25) is 11.8 Å². The van der Waals surface area contributed by atoms with Crippen LogP contribution in [-0.4, -0.2) is 43.8 Å². The number of rotatable bonds is 12. The van der Waals surface area contributed by atoms with Gasteiger partial charge < -0.3 is 10.2 Å². The summed E-state index contributed by atoms with van der Waals surface area (Å²) in [7, 11) is -4.23. The Labute approximate surface area is 263 Å². The van der Waals surface area contributed by atoms with Crippen LogP contribution in [0.15, 0.2) is 65.6 Å². The molecule has 0 bridgehead atoms. The molecule has 0 radical (unpaired) electrons. The number of carbonyl (C=O) groups excluding carboxylic acids is 2. The molecule has 0 heterocycles. The molecular formula is C31H36Cl3N3O4S. The molecule has 0 saturated carbocycles. The second-order valence-electron chi connectivity index (χ2n) is 10.2. The van der Waals surface area contributed by atoms with E-state index in [1.807, 2.05) is 20.8 Å². The molecule has 0 saturated heterocycles. The van der Waals surface area contributed by atoms with Crippen molar-refractivity contribution in [1.29, 1.82) is 0 Å². The van der Waals surface area contributed by atoms with Crippen molar-refractivity contribution in [2.75, 3.05) is 10.8 Å². The minimum Gasteiger partial charge on any atom is -0.352 e. The summed E-state index contributed by atoms with van der Waals surface area (Å²) in [4.78, 5) is 29.1. The molecule has 0 spiro atoms. The van der Waals surface area contributed by atoms with Crippen molar-refractivity contribution in [3.8, 4) is 0 Å². The van der Waals surface area contributed by atoms with Gasteiger partial charge in [-0.1, -0.05) is 78.5 Å². The SMILES string of the molecule is CC[C@H](C(=O)N[C@@H](C)CC)N(Cc1c(Cl)cccc1Cl)C(=O)CN(c1cc(Cl)ccc1C)S(=O)(=O)c1ccc(C)cc1. The Balaban J connectivity index is 2.14. The normalized spacial score (nSPS) is 12.9. The van der Waals surface area contributed by atoms with Crippen LogP contribution < -0.4 is 9.62 Å². The Morgan fingerprint density at radius 2 is 1.52 bits per heavy atom. The highest BCUT2D eigenvalue weighted by molar-refractivity contribution is 7.92. The van der Waals surface area contributed by atoms with E-state index in [1.165, 1.54) is 23.1 Å². The maximum atomic E-state index is 14.3. The first-order valence-corrected chi connectivity index (χ1v) is 16.3. The van der Waals surface area contributed by atoms with Gasteiger partial charge in [0, 0.05) is 33.2 Å². The van der Waals surface area contributed by atoms with Crippen LogP contribution in [0.2, 0.25) is 15.1 Å². The topological polar surface area (TPSA) is 86.8 Å². The van der Waals surface area contributed by atoms with Gasteiger partial charge in [0.15, 0.2) is 0 Å². The molecule has 0 fully saturated rings. The third-order valence-electron chi connectivity index (χ3n) is 7.10. The van der Waals surface area contributed by atoms with Gasteiger partial charge in [-0.15, -0.1) is 0 Å². The van der Waals surface area contributed by atoms with Gasteiger partial charge in [0.25, 0.3) is 10.0 Å². The predicted molar refractivity (Wildman–Crippen MR) is 171 cm³/mol. The molecule has 0 aliphatic carbocycles. The van der Waals surface area contributed by atoms with E-state index < -0.39 is 28.5 Å². The molecule has 2 amide bonds. The number of benzene rings is 3. The molecule has 11 heteroatoms. The molecule has 226 valence electrons. The number of sulfonamides is 1.